The Morgan fingerprint density at radius 2 is 1.72 bits per heavy atom. The van der Waals surface area contributed by atoms with Crippen LogP contribution >= 0.6 is 23.2 Å². The molecule has 2 nitrogen and oxygen atoms in total. The van der Waals surface area contributed by atoms with E-state index < -0.39 is 0 Å². The number of fused-ring (bicyclic) bond motifs is 1. The number of benzene rings is 1. The molecular formula is C14H10Cl2N2. The SMILES string of the molecule is Cc1ccc(-c2c(Cl)nc3ccc(Cl)cn23)cc1. The van der Waals surface area contributed by atoms with Gasteiger partial charge in [-0.25, -0.2) is 4.98 Å². The fourth-order valence-corrected chi connectivity index (χ4v) is 2.41. The lowest BCUT2D eigenvalue weighted by Gasteiger charge is -2.03. The van der Waals surface area contributed by atoms with Gasteiger partial charge in [-0.3, -0.25) is 4.40 Å². The van der Waals surface area contributed by atoms with Crippen LogP contribution in [-0.2, 0) is 0 Å². The summed E-state index contributed by atoms with van der Waals surface area (Å²) in [5, 5.41) is 1.14. The maximum atomic E-state index is 6.22. The van der Waals surface area contributed by atoms with Crippen LogP contribution in [0.5, 0.6) is 0 Å². The van der Waals surface area contributed by atoms with Crippen molar-refractivity contribution >= 4 is 28.8 Å². The molecule has 0 unspecified atom stereocenters. The van der Waals surface area contributed by atoms with E-state index in [0.29, 0.717) is 10.2 Å². The lowest BCUT2D eigenvalue weighted by Crippen LogP contribution is -1.88. The highest BCUT2D eigenvalue weighted by Gasteiger charge is 2.12. The summed E-state index contributed by atoms with van der Waals surface area (Å²) in [6.07, 6.45) is 1.82. The van der Waals surface area contributed by atoms with Gasteiger partial charge in [-0.15, -0.1) is 0 Å². The molecule has 4 heteroatoms. The van der Waals surface area contributed by atoms with E-state index in [1.165, 1.54) is 5.56 Å². The van der Waals surface area contributed by atoms with E-state index in [0.717, 1.165) is 16.9 Å². The third kappa shape index (κ3) is 1.88. The van der Waals surface area contributed by atoms with Crippen molar-refractivity contribution in [1.29, 1.82) is 0 Å². The Labute approximate surface area is 115 Å². The monoisotopic (exact) mass is 276 g/mol. The first-order valence-corrected chi connectivity index (χ1v) is 6.31. The average molecular weight is 277 g/mol. The molecule has 2 heterocycles. The zero-order chi connectivity index (χ0) is 12.7. The van der Waals surface area contributed by atoms with Crippen LogP contribution in [0, 0.1) is 6.92 Å². The molecular weight excluding hydrogens is 267 g/mol. The summed E-state index contributed by atoms with van der Waals surface area (Å²) in [5.74, 6) is 0. The van der Waals surface area contributed by atoms with Crippen molar-refractivity contribution in [3.63, 3.8) is 0 Å². The average Bonchev–Trinajstić information content (AvgIpc) is 2.66. The fourth-order valence-electron chi connectivity index (χ4n) is 1.96. The molecule has 0 atom stereocenters. The van der Waals surface area contributed by atoms with E-state index in [1.54, 1.807) is 6.07 Å². The molecule has 0 aliphatic heterocycles. The van der Waals surface area contributed by atoms with E-state index in [4.69, 9.17) is 23.2 Å². The molecule has 3 aromatic rings. The second kappa shape index (κ2) is 4.30. The highest BCUT2D eigenvalue weighted by Crippen LogP contribution is 2.29. The van der Waals surface area contributed by atoms with Gasteiger partial charge < -0.3 is 0 Å². The molecule has 0 bridgehead atoms. The molecule has 3 rings (SSSR count). The normalized spacial score (nSPS) is 11.1. The quantitative estimate of drug-likeness (QED) is 0.634. The fraction of sp³-hybridized carbons (Fsp3) is 0.0714. The molecule has 0 fully saturated rings. The first-order valence-electron chi connectivity index (χ1n) is 5.55. The minimum atomic E-state index is 0.487. The molecule has 0 aliphatic rings. The predicted octanol–water partition coefficient (Wildman–Crippen LogP) is 4.62. The largest absolute Gasteiger partial charge is 0.297 e. The Balaban J connectivity index is 2.30. The number of hydrogen-bond acceptors (Lipinski definition) is 1. The molecule has 0 radical (unpaired) electrons. The lowest BCUT2D eigenvalue weighted by atomic mass is 10.1. The van der Waals surface area contributed by atoms with Crippen LogP contribution in [0.4, 0.5) is 0 Å². The van der Waals surface area contributed by atoms with Crippen molar-refractivity contribution in [2.75, 3.05) is 0 Å². The number of pyridine rings is 1. The number of imidazole rings is 1. The Morgan fingerprint density at radius 1 is 1.00 bits per heavy atom. The van der Waals surface area contributed by atoms with Crippen molar-refractivity contribution in [1.82, 2.24) is 9.38 Å². The van der Waals surface area contributed by atoms with Crippen LogP contribution in [0.25, 0.3) is 16.9 Å². The summed E-state index contributed by atoms with van der Waals surface area (Å²) in [4.78, 5) is 4.32. The number of hydrogen-bond donors (Lipinski definition) is 0. The van der Waals surface area contributed by atoms with Crippen LogP contribution in [0.2, 0.25) is 10.2 Å². The maximum absolute atomic E-state index is 6.22. The van der Waals surface area contributed by atoms with Crippen LogP contribution in [0.1, 0.15) is 5.56 Å². The summed E-state index contributed by atoms with van der Waals surface area (Å²) in [6.45, 7) is 2.05. The third-order valence-electron chi connectivity index (χ3n) is 2.86. The molecule has 0 N–H and O–H groups in total. The molecule has 1 aromatic carbocycles. The van der Waals surface area contributed by atoms with Crippen LogP contribution in [0.3, 0.4) is 0 Å². The minimum Gasteiger partial charge on any atom is -0.297 e. The Morgan fingerprint density at radius 3 is 2.44 bits per heavy atom. The Hall–Kier alpha value is -1.51. The second-order valence-corrected chi connectivity index (χ2v) is 4.99. The second-order valence-electron chi connectivity index (χ2n) is 4.19. The topological polar surface area (TPSA) is 17.3 Å². The summed E-state index contributed by atoms with van der Waals surface area (Å²) >= 11 is 12.2. The van der Waals surface area contributed by atoms with Gasteiger partial charge in [-0.05, 0) is 19.1 Å². The van der Waals surface area contributed by atoms with Gasteiger partial charge in [-0.1, -0.05) is 53.0 Å². The first-order chi connectivity index (χ1) is 8.65. The molecule has 0 spiro atoms. The summed E-state index contributed by atoms with van der Waals surface area (Å²) < 4.78 is 1.91. The van der Waals surface area contributed by atoms with Gasteiger partial charge in [0.25, 0.3) is 0 Å². The third-order valence-corrected chi connectivity index (χ3v) is 3.35. The van der Waals surface area contributed by atoms with Crippen molar-refractivity contribution in [3.05, 3.63) is 58.3 Å². The smallest absolute Gasteiger partial charge is 0.156 e. The van der Waals surface area contributed by atoms with Gasteiger partial charge in [0, 0.05) is 11.8 Å². The van der Waals surface area contributed by atoms with Crippen molar-refractivity contribution in [3.8, 4) is 11.3 Å². The molecule has 0 saturated heterocycles. The van der Waals surface area contributed by atoms with E-state index in [1.807, 2.05) is 28.8 Å². The maximum Gasteiger partial charge on any atom is 0.156 e. The van der Waals surface area contributed by atoms with E-state index >= 15 is 0 Å². The van der Waals surface area contributed by atoms with Gasteiger partial charge in [-0.2, -0.15) is 0 Å². The summed E-state index contributed by atoms with van der Waals surface area (Å²) in [5.41, 5.74) is 3.90. The number of aromatic nitrogens is 2. The van der Waals surface area contributed by atoms with Gasteiger partial charge in [0.05, 0.1) is 10.7 Å². The molecule has 0 saturated carbocycles. The Bertz CT molecular complexity index is 714. The first kappa shape index (κ1) is 11.6. The van der Waals surface area contributed by atoms with E-state index in [9.17, 15) is 0 Å². The highest BCUT2D eigenvalue weighted by molar-refractivity contribution is 6.32. The Kier molecular flexibility index (Phi) is 2.77. The van der Waals surface area contributed by atoms with E-state index in [-0.39, 0.29) is 0 Å². The van der Waals surface area contributed by atoms with Crippen LogP contribution in [-0.4, -0.2) is 9.38 Å². The number of aryl methyl sites for hydroxylation is 1. The minimum absolute atomic E-state index is 0.487. The molecule has 2 aromatic heterocycles. The van der Waals surface area contributed by atoms with Gasteiger partial charge in [0.15, 0.2) is 5.15 Å². The molecule has 0 amide bonds. The summed E-state index contributed by atoms with van der Waals surface area (Å²) in [6, 6.07) is 11.8. The standard InChI is InChI=1S/C14H10Cl2N2/c1-9-2-4-10(5-3-9)13-14(16)17-12-7-6-11(15)8-18(12)13/h2-8H,1H3. The zero-order valence-corrected chi connectivity index (χ0v) is 11.2. The highest BCUT2D eigenvalue weighted by atomic mass is 35.5. The lowest BCUT2D eigenvalue weighted by molar-refractivity contribution is 1.19. The van der Waals surface area contributed by atoms with Crippen LogP contribution < -0.4 is 0 Å². The van der Waals surface area contributed by atoms with Crippen molar-refractivity contribution in [2.45, 2.75) is 6.92 Å². The van der Waals surface area contributed by atoms with Crippen molar-refractivity contribution < 1.29 is 0 Å². The molecule has 18 heavy (non-hydrogen) atoms. The number of nitrogens with zero attached hydrogens (tertiary/aromatic N) is 2. The predicted molar refractivity (Wildman–Crippen MR) is 75.4 cm³/mol. The zero-order valence-electron chi connectivity index (χ0n) is 9.69. The van der Waals surface area contributed by atoms with Gasteiger partial charge >= 0.3 is 0 Å². The molecule has 90 valence electrons. The van der Waals surface area contributed by atoms with Crippen LogP contribution in [0.15, 0.2) is 42.6 Å². The van der Waals surface area contributed by atoms with Gasteiger partial charge in [0.2, 0.25) is 0 Å². The van der Waals surface area contributed by atoms with E-state index in [2.05, 4.69) is 24.0 Å². The summed E-state index contributed by atoms with van der Waals surface area (Å²) in [7, 11) is 0. The number of halogens is 2. The van der Waals surface area contributed by atoms with Gasteiger partial charge in [0.1, 0.15) is 5.65 Å². The van der Waals surface area contributed by atoms with Crippen molar-refractivity contribution in [2.24, 2.45) is 0 Å². The molecule has 0 aliphatic carbocycles. The number of rotatable bonds is 1.